The lowest BCUT2D eigenvalue weighted by Crippen LogP contribution is -2.51. The third-order valence-electron chi connectivity index (χ3n) is 9.81. The first-order valence-corrected chi connectivity index (χ1v) is 17.2. The smallest absolute Gasteiger partial charge is 0.262 e. The number of nitrogen functional groups attached to an aromatic ring is 1. The van der Waals surface area contributed by atoms with Gasteiger partial charge < -0.3 is 25.8 Å². The quantitative estimate of drug-likeness (QED) is 0.103. The number of fused-ring (bicyclic) bond motifs is 2. The van der Waals surface area contributed by atoms with E-state index in [1.807, 2.05) is 30.3 Å². The van der Waals surface area contributed by atoms with E-state index in [9.17, 15) is 19.2 Å². The number of amides is 4. The first kappa shape index (κ1) is 34.5. The summed E-state index contributed by atoms with van der Waals surface area (Å²) in [7, 11) is 3.04. The van der Waals surface area contributed by atoms with Gasteiger partial charge in [-0.3, -0.25) is 33.9 Å². The number of methoxy groups -OCH3 is 2. The second kappa shape index (κ2) is 14.7. The van der Waals surface area contributed by atoms with Crippen LogP contribution in [0.25, 0.3) is 21.5 Å². The van der Waals surface area contributed by atoms with E-state index in [4.69, 9.17) is 15.2 Å². The largest absolute Gasteiger partial charge is 0.496 e. The summed E-state index contributed by atoms with van der Waals surface area (Å²) in [5.41, 5.74) is 8.64. The standard InChI is InChI=1S/C40H40N6O6/c1-51-33-13-12-31-35-32(33)22-25-6-3-4-9-29(25)36(35)40(50)46(39(31)49)21-20-45-18-16-44(17-19-45)15-14-42-37(47)26-10-11-30(34(23-26)52-2)38(48)43-28-8-5-7-27(41)24-28/h3-13,22-24H,14-21,41H2,1-2H3,(H,42,47)(H,43,48). The van der Waals surface area contributed by atoms with Crippen molar-refractivity contribution < 1.29 is 28.7 Å². The van der Waals surface area contributed by atoms with Crippen molar-refractivity contribution in [2.24, 2.45) is 0 Å². The van der Waals surface area contributed by atoms with Crippen molar-refractivity contribution in [3.8, 4) is 11.5 Å². The topological polar surface area (TPSA) is 147 Å². The maximum atomic E-state index is 14.0. The van der Waals surface area contributed by atoms with Crippen molar-refractivity contribution in [2.75, 3.05) is 77.6 Å². The number of imide groups is 1. The third-order valence-corrected chi connectivity index (χ3v) is 9.81. The molecular formula is C40H40N6O6. The maximum absolute atomic E-state index is 14.0. The number of nitrogens with one attached hydrogen (secondary N) is 2. The number of nitrogens with two attached hydrogens (primary N) is 1. The van der Waals surface area contributed by atoms with Crippen LogP contribution in [0.15, 0.2) is 84.9 Å². The van der Waals surface area contributed by atoms with E-state index in [1.165, 1.54) is 12.0 Å². The van der Waals surface area contributed by atoms with Gasteiger partial charge in [-0.15, -0.1) is 0 Å². The highest BCUT2D eigenvalue weighted by Gasteiger charge is 2.35. The van der Waals surface area contributed by atoms with E-state index >= 15 is 0 Å². The lowest BCUT2D eigenvalue weighted by Gasteiger charge is -2.36. The van der Waals surface area contributed by atoms with Crippen LogP contribution in [0, 0.1) is 0 Å². The van der Waals surface area contributed by atoms with E-state index in [0.29, 0.717) is 64.4 Å². The van der Waals surface area contributed by atoms with Gasteiger partial charge in [0.05, 0.1) is 25.3 Å². The lowest BCUT2D eigenvalue weighted by molar-refractivity contribution is 0.0572. The number of carbonyl (C=O) groups is 4. The molecule has 7 rings (SSSR count). The van der Waals surface area contributed by atoms with Crippen molar-refractivity contribution >= 4 is 56.5 Å². The number of hydrogen-bond donors (Lipinski definition) is 3. The summed E-state index contributed by atoms with van der Waals surface area (Å²) in [5, 5.41) is 8.91. The second-order valence-corrected chi connectivity index (χ2v) is 12.9. The molecule has 2 aliphatic heterocycles. The highest BCUT2D eigenvalue weighted by atomic mass is 16.5. The molecule has 266 valence electrons. The molecule has 5 aromatic carbocycles. The fraction of sp³-hybridized carbons (Fsp3) is 0.250. The molecule has 1 saturated heterocycles. The number of piperazine rings is 1. The average Bonchev–Trinajstić information content (AvgIpc) is 3.16. The number of anilines is 2. The molecule has 12 heteroatoms. The molecule has 0 aliphatic carbocycles. The van der Waals surface area contributed by atoms with Crippen LogP contribution >= 0.6 is 0 Å². The van der Waals surface area contributed by atoms with Crippen LogP contribution in [0.3, 0.4) is 0 Å². The van der Waals surface area contributed by atoms with Crippen LogP contribution < -0.4 is 25.8 Å². The Morgan fingerprint density at radius 2 is 1.48 bits per heavy atom. The molecule has 0 bridgehead atoms. The van der Waals surface area contributed by atoms with E-state index in [2.05, 4.69) is 20.4 Å². The summed E-state index contributed by atoms with van der Waals surface area (Å²) in [6, 6.07) is 24.9. The number of ether oxygens (including phenoxy) is 2. The van der Waals surface area contributed by atoms with Crippen molar-refractivity contribution in [1.82, 2.24) is 20.0 Å². The van der Waals surface area contributed by atoms with Gasteiger partial charge in [-0.2, -0.15) is 0 Å². The van der Waals surface area contributed by atoms with Crippen molar-refractivity contribution in [3.63, 3.8) is 0 Å². The molecule has 0 saturated carbocycles. The Labute approximate surface area is 301 Å². The van der Waals surface area contributed by atoms with Gasteiger partial charge in [0.15, 0.2) is 0 Å². The Kier molecular flexibility index (Phi) is 9.75. The highest BCUT2D eigenvalue weighted by molar-refractivity contribution is 6.31. The van der Waals surface area contributed by atoms with E-state index in [0.717, 1.165) is 42.3 Å². The summed E-state index contributed by atoms with van der Waals surface area (Å²) in [6.07, 6.45) is 0. The van der Waals surface area contributed by atoms with Gasteiger partial charge in [0.1, 0.15) is 11.5 Å². The molecule has 12 nitrogen and oxygen atoms in total. The summed E-state index contributed by atoms with van der Waals surface area (Å²) in [4.78, 5) is 59.4. The number of hydrogen-bond acceptors (Lipinski definition) is 9. The normalized spacial score (nSPS) is 14.8. The highest BCUT2D eigenvalue weighted by Crippen LogP contribution is 2.39. The average molecular weight is 701 g/mol. The van der Waals surface area contributed by atoms with E-state index in [-0.39, 0.29) is 35.9 Å². The maximum Gasteiger partial charge on any atom is 0.262 e. The van der Waals surface area contributed by atoms with Crippen LogP contribution in [-0.4, -0.2) is 105 Å². The third kappa shape index (κ3) is 6.73. The Balaban J connectivity index is 0.909. The summed E-state index contributed by atoms with van der Waals surface area (Å²) in [6.45, 7) is 5.08. The van der Waals surface area contributed by atoms with Crippen molar-refractivity contribution in [3.05, 3.63) is 107 Å². The van der Waals surface area contributed by atoms with Crippen LogP contribution in [-0.2, 0) is 0 Å². The molecule has 52 heavy (non-hydrogen) atoms. The van der Waals surface area contributed by atoms with Gasteiger partial charge in [-0.05, 0) is 65.4 Å². The molecule has 0 radical (unpaired) electrons. The van der Waals surface area contributed by atoms with Gasteiger partial charge in [0.2, 0.25) is 0 Å². The molecule has 2 heterocycles. The lowest BCUT2D eigenvalue weighted by atomic mass is 9.89. The Morgan fingerprint density at radius 1 is 0.731 bits per heavy atom. The number of benzene rings is 5. The summed E-state index contributed by atoms with van der Waals surface area (Å²) >= 11 is 0. The van der Waals surface area contributed by atoms with Gasteiger partial charge in [0, 0.05) is 85.6 Å². The Morgan fingerprint density at radius 3 is 2.23 bits per heavy atom. The Hall–Kier alpha value is -5.98. The SMILES string of the molecule is COc1cc(C(=O)NCCN2CCN(CCN3C(=O)c4ccc(OC)c5cc6ccccc6c(c45)C3=O)CC2)ccc1C(=O)Nc1cccc(N)c1. The summed E-state index contributed by atoms with van der Waals surface area (Å²) < 4.78 is 11.0. The minimum absolute atomic E-state index is 0.265. The van der Waals surface area contributed by atoms with E-state index in [1.54, 1.807) is 61.7 Å². The minimum atomic E-state index is -0.375. The molecule has 1 fully saturated rings. The zero-order valence-corrected chi connectivity index (χ0v) is 29.1. The zero-order chi connectivity index (χ0) is 36.4. The van der Waals surface area contributed by atoms with E-state index < -0.39 is 0 Å². The first-order valence-electron chi connectivity index (χ1n) is 17.2. The first-order chi connectivity index (χ1) is 25.2. The monoisotopic (exact) mass is 700 g/mol. The molecule has 5 aromatic rings. The predicted molar refractivity (Wildman–Crippen MR) is 200 cm³/mol. The van der Waals surface area contributed by atoms with Crippen LogP contribution in [0.4, 0.5) is 11.4 Å². The van der Waals surface area contributed by atoms with Crippen LogP contribution in [0.2, 0.25) is 0 Å². The number of carbonyl (C=O) groups excluding carboxylic acids is 4. The fourth-order valence-electron chi connectivity index (χ4n) is 7.05. The second-order valence-electron chi connectivity index (χ2n) is 12.9. The molecule has 4 amide bonds. The molecule has 0 spiro atoms. The molecule has 4 N–H and O–H groups in total. The summed E-state index contributed by atoms with van der Waals surface area (Å²) in [5.74, 6) is -0.297. The van der Waals surface area contributed by atoms with Gasteiger partial charge >= 0.3 is 0 Å². The molecule has 0 aromatic heterocycles. The molecule has 0 atom stereocenters. The van der Waals surface area contributed by atoms with Crippen molar-refractivity contribution in [1.29, 1.82) is 0 Å². The number of nitrogens with zero attached hydrogens (tertiary/aromatic N) is 3. The Bertz CT molecular complexity index is 2210. The number of rotatable bonds is 11. The van der Waals surface area contributed by atoms with Gasteiger partial charge in [-0.1, -0.05) is 30.3 Å². The minimum Gasteiger partial charge on any atom is -0.496 e. The molecular weight excluding hydrogens is 660 g/mol. The molecule has 0 unspecified atom stereocenters. The predicted octanol–water partition coefficient (Wildman–Crippen LogP) is 4.49. The zero-order valence-electron chi connectivity index (χ0n) is 29.1. The van der Waals surface area contributed by atoms with Crippen LogP contribution in [0.5, 0.6) is 11.5 Å². The van der Waals surface area contributed by atoms with Crippen molar-refractivity contribution in [2.45, 2.75) is 0 Å². The fourth-order valence-corrected chi connectivity index (χ4v) is 7.05. The molecule has 2 aliphatic rings. The van der Waals surface area contributed by atoms with Gasteiger partial charge in [-0.25, -0.2) is 0 Å². The van der Waals surface area contributed by atoms with Crippen LogP contribution in [0.1, 0.15) is 41.4 Å². The van der Waals surface area contributed by atoms with Gasteiger partial charge in [0.25, 0.3) is 23.6 Å².